The highest BCUT2D eigenvalue weighted by Crippen LogP contribution is 2.20. The van der Waals surface area contributed by atoms with Crippen molar-refractivity contribution in [3.63, 3.8) is 0 Å². The first-order chi connectivity index (χ1) is 9.34. The normalized spacial score (nSPS) is 17.7. The first-order valence-corrected chi connectivity index (χ1v) is 6.67. The van der Waals surface area contributed by atoms with Gasteiger partial charge in [-0.3, -0.25) is 4.90 Å². The monoisotopic (exact) mass is 258 g/mol. The van der Waals surface area contributed by atoms with Crippen LogP contribution in [-0.2, 0) is 6.67 Å². The van der Waals surface area contributed by atoms with Crippen LogP contribution in [0.3, 0.4) is 0 Å². The number of rotatable bonds is 4. The van der Waals surface area contributed by atoms with Crippen molar-refractivity contribution in [3.05, 3.63) is 48.0 Å². The van der Waals surface area contributed by atoms with Gasteiger partial charge >= 0.3 is 0 Å². The van der Waals surface area contributed by atoms with Crippen LogP contribution in [0.15, 0.2) is 36.7 Å². The fraction of sp³-hybridized carbons (Fsp3) is 0.429. The minimum Gasteiger partial charge on any atom is -0.380 e. The fourth-order valence-electron chi connectivity index (χ4n) is 2.49. The van der Waals surface area contributed by atoms with Crippen LogP contribution in [0.1, 0.15) is 30.3 Å². The van der Waals surface area contributed by atoms with Gasteiger partial charge < -0.3 is 5.11 Å². The molecule has 1 aliphatic heterocycles. The molecule has 100 valence electrons. The SMILES string of the molecule is OC(c1ccccc1)c1ncnn1CN1CCCC1. The molecule has 3 rings (SSSR count). The smallest absolute Gasteiger partial charge is 0.161 e. The molecule has 2 heterocycles. The third-order valence-corrected chi connectivity index (χ3v) is 3.54. The number of hydrogen-bond acceptors (Lipinski definition) is 4. The highest BCUT2D eigenvalue weighted by Gasteiger charge is 2.19. The lowest BCUT2D eigenvalue weighted by Gasteiger charge is -2.17. The molecule has 1 aromatic carbocycles. The Labute approximate surface area is 112 Å². The maximum Gasteiger partial charge on any atom is 0.161 e. The lowest BCUT2D eigenvalue weighted by Crippen LogP contribution is -2.25. The molecule has 0 radical (unpaired) electrons. The van der Waals surface area contributed by atoms with Gasteiger partial charge in [0.05, 0.1) is 6.67 Å². The molecule has 0 bridgehead atoms. The number of aromatic nitrogens is 3. The predicted octanol–water partition coefficient (Wildman–Crippen LogP) is 1.41. The molecule has 1 aromatic heterocycles. The number of aliphatic hydroxyl groups excluding tert-OH is 1. The summed E-state index contributed by atoms with van der Waals surface area (Å²) >= 11 is 0. The second kappa shape index (κ2) is 5.50. The number of hydrogen-bond donors (Lipinski definition) is 1. The standard InChI is InChI=1S/C14H18N4O/c19-13(12-6-2-1-3-7-12)14-15-10-16-18(14)11-17-8-4-5-9-17/h1-3,6-7,10,13,19H,4-5,8-9,11H2. The molecule has 1 unspecified atom stereocenters. The molecule has 1 N–H and O–H groups in total. The molecule has 0 spiro atoms. The second-order valence-electron chi connectivity index (χ2n) is 4.90. The summed E-state index contributed by atoms with van der Waals surface area (Å²) in [7, 11) is 0. The molecule has 0 amide bonds. The lowest BCUT2D eigenvalue weighted by atomic mass is 10.1. The minimum atomic E-state index is -0.716. The van der Waals surface area contributed by atoms with Gasteiger partial charge in [-0.1, -0.05) is 30.3 Å². The van der Waals surface area contributed by atoms with Gasteiger partial charge in [0, 0.05) is 0 Å². The van der Waals surface area contributed by atoms with Crippen LogP contribution >= 0.6 is 0 Å². The average molecular weight is 258 g/mol. The summed E-state index contributed by atoms with van der Waals surface area (Å²) in [6.45, 7) is 2.90. The van der Waals surface area contributed by atoms with Crippen molar-refractivity contribution in [3.8, 4) is 0 Å². The topological polar surface area (TPSA) is 54.2 Å². The van der Waals surface area contributed by atoms with Gasteiger partial charge in [0.1, 0.15) is 12.4 Å². The average Bonchev–Trinajstić information content (AvgIpc) is 3.11. The summed E-state index contributed by atoms with van der Waals surface area (Å²) in [6.07, 6.45) is 3.28. The Kier molecular flexibility index (Phi) is 3.57. The summed E-state index contributed by atoms with van der Waals surface area (Å²) in [5, 5.41) is 14.6. The molecule has 1 saturated heterocycles. The van der Waals surface area contributed by atoms with Crippen LogP contribution in [0.4, 0.5) is 0 Å². The molecular weight excluding hydrogens is 240 g/mol. The summed E-state index contributed by atoms with van der Waals surface area (Å²) in [6, 6.07) is 9.57. The van der Waals surface area contributed by atoms with Crippen LogP contribution in [0.25, 0.3) is 0 Å². The van der Waals surface area contributed by atoms with Gasteiger partial charge in [0.15, 0.2) is 5.82 Å². The Hall–Kier alpha value is -1.72. The summed E-state index contributed by atoms with van der Waals surface area (Å²) < 4.78 is 1.79. The van der Waals surface area contributed by atoms with Crippen molar-refractivity contribution < 1.29 is 5.11 Å². The van der Waals surface area contributed by atoms with Gasteiger partial charge in [0.25, 0.3) is 0 Å². The van der Waals surface area contributed by atoms with E-state index in [1.807, 2.05) is 30.3 Å². The van der Waals surface area contributed by atoms with Crippen molar-refractivity contribution in [2.45, 2.75) is 25.6 Å². The molecule has 1 fully saturated rings. The third kappa shape index (κ3) is 2.67. The van der Waals surface area contributed by atoms with E-state index < -0.39 is 6.10 Å². The van der Waals surface area contributed by atoms with Crippen molar-refractivity contribution in [2.75, 3.05) is 13.1 Å². The molecule has 19 heavy (non-hydrogen) atoms. The Morgan fingerprint density at radius 1 is 1.16 bits per heavy atom. The van der Waals surface area contributed by atoms with Gasteiger partial charge in [-0.25, -0.2) is 9.67 Å². The molecule has 0 saturated carbocycles. The van der Waals surface area contributed by atoms with Crippen LogP contribution in [-0.4, -0.2) is 37.9 Å². The van der Waals surface area contributed by atoms with E-state index in [9.17, 15) is 5.11 Å². The van der Waals surface area contributed by atoms with Gasteiger partial charge in [-0.15, -0.1) is 0 Å². The second-order valence-corrected chi connectivity index (χ2v) is 4.90. The van der Waals surface area contributed by atoms with E-state index in [1.54, 1.807) is 4.68 Å². The molecule has 1 atom stereocenters. The van der Waals surface area contributed by atoms with Crippen LogP contribution in [0.2, 0.25) is 0 Å². The Bertz CT molecular complexity index is 519. The largest absolute Gasteiger partial charge is 0.380 e. The lowest BCUT2D eigenvalue weighted by molar-refractivity contribution is 0.184. The maximum absolute atomic E-state index is 10.4. The van der Waals surface area contributed by atoms with E-state index in [4.69, 9.17) is 0 Å². The van der Waals surface area contributed by atoms with Crippen molar-refractivity contribution in [1.82, 2.24) is 19.7 Å². The number of likely N-dealkylation sites (tertiary alicyclic amines) is 1. The molecule has 0 aliphatic carbocycles. The van der Waals surface area contributed by atoms with Gasteiger partial charge in [-0.2, -0.15) is 5.10 Å². The summed E-state index contributed by atoms with van der Waals surface area (Å²) in [5.41, 5.74) is 0.846. The fourth-order valence-corrected chi connectivity index (χ4v) is 2.49. The first kappa shape index (κ1) is 12.3. The quantitative estimate of drug-likeness (QED) is 0.901. The number of aliphatic hydroxyl groups is 1. The predicted molar refractivity (Wildman–Crippen MR) is 71.3 cm³/mol. The van der Waals surface area contributed by atoms with Crippen LogP contribution in [0, 0.1) is 0 Å². The Morgan fingerprint density at radius 3 is 2.63 bits per heavy atom. The van der Waals surface area contributed by atoms with Crippen molar-refractivity contribution >= 4 is 0 Å². The highest BCUT2D eigenvalue weighted by molar-refractivity contribution is 5.22. The third-order valence-electron chi connectivity index (χ3n) is 3.54. The van der Waals surface area contributed by atoms with E-state index in [0.29, 0.717) is 12.5 Å². The van der Waals surface area contributed by atoms with E-state index >= 15 is 0 Å². The molecule has 2 aromatic rings. The zero-order chi connectivity index (χ0) is 13.1. The summed E-state index contributed by atoms with van der Waals surface area (Å²) in [5.74, 6) is 0.609. The molecular formula is C14H18N4O. The Morgan fingerprint density at radius 2 is 1.89 bits per heavy atom. The zero-order valence-electron chi connectivity index (χ0n) is 10.8. The van der Waals surface area contributed by atoms with Crippen molar-refractivity contribution in [2.24, 2.45) is 0 Å². The van der Waals surface area contributed by atoms with E-state index in [0.717, 1.165) is 18.7 Å². The van der Waals surface area contributed by atoms with Crippen molar-refractivity contribution in [1.29, 1.82) is 0 Å². The number of nitrogens with zero attached hydrogens (tertiary/aromatic N) is 4. The molecule has 5 nitrogen and oxygen atoms in total. The number of benzene rings is 1. The van der Waals surface area contributed by atoms with Crippen LogP contribution < -0.4 is 0 Å². The van der Waals surface area contributed by atoms with Gasteiger partial charge in [-0.05, 0) is 31.5 Å². The van der Waals surface area contributed by atoms with E-state index in [-0.39, 0.29) is 0 Å². The molecule has 1 aliphatic rings. The maximum atomic E-state index is 10.4. The molecule has 5 heteroatoms. The Balaban J connectivity index is 1.79. The van der Waals surface area contributed by atoms with E-state index in [1.165, 1.54) is 19.2 Å². The highest BCUT2D eigenvalue weighted by atomic mass is 16.3. The van der Waals surface area contributed by atoms with E-state index in [2.05, 4.69) is 15.0 Å². The minimum absolute atomic E-state index is 0.609. The van der Waals surface area contributed by atoms with Crippen LogP contribution in [0.5, 0.6) is 0 Å². The zero-order valence-corrected chi connectivity index (χ0v) is 10.8. The summed E-state index contributed by atoms with van der Waals surface area (Å²) in [4.78, 5) is 6.54. The first-order valence-electron chi connectivity index (χ1n) is 6.67. The van der Waals surface area contributed by atoms with Gasteiger partial charge in [0.2, 0.25) is 0 Å².